The lowest BCUT2D eigenvalue weighted by Crippen LogP contribution is -2.33. The van der Waals surface area contributed by atoms with Crippen molar-refractivity contribution in [1.82, 2.24) is 0 Å². The van der Waals surface area contributed by atoms with E-state index in [-0.39, 0.29) is 12.2 Å². The second-order valence-corrected chi connectivity index (χ2v) is 4.49. The first-order valence-electron chi connectivity index (χ1n) is 4.46. The highest BCUT2D eigenvalue weighted by atomic mass is 79.9. The number of halogens is 2. The molecule has 4 nitrogen and oxygen atoms in total. The second kappa shape index (κ2) is 5.52. The van der Waals surface area contributed by atoms with E-state index in [1.807, 2.05) is 0 Å². The van der Waals surface area contributed by atoms with Crippen molar-refractivity contribution in [2.45, 2.75) is 12.5 Å². The van der Waals surface area contributed by atoms with Crippen LogP contribution in [0.3, 0.4) is 0 Å². The van der Waals surface area contributed by atoms with E-state index in [9.17, 15) is 9.90 Å². The van der Waals surface area contributed by atoms with Gasteiger partial charge in [-0.15, -0.1) is 0 Å². The standard InChI is InChI=1S/C10H11BrClNO3/c1-16-10(15)8(13)3-5-2-6(11)7(12)4-9(5)14/h2,4,8,14H,3,13H2,1H3. The monoisotopic (exact) mass is 307 g/mol. The summed E-state index contributed by atoms with van der Waals surface area (Å²) in [6.07, 6.45) is 0.189. The second-order valence-electron chi connectivity index (χ2n) is 3.23. The fraction of sp³-hybridized carbons (Fsp3) is 0.300. The van der Waals surface area contributed by atoms with Crippen molar-refractivity contribution in [2.75, 3.05) is 7.11 Å². The molecule has 1 unspecified atom stereocenters. The molecule has 0 spiro atoms. The number of phenolic OH excluding ortho intramolecular Hbond substituents is 1. The van der Waals surface area contributed by atoms with Gasteiger partial charge in [-0.25, -0.2) is 0 Å². The van der Waals surface area contributed by atoms with Gasteiger partial charge in [-0.05, 0) is 33.6 Å². The molecule has 0 aliphatic carbocycles. The maximum absolute atomic E-state index is 11.1. The van der Waals surface area contributed by atoms with Gasteiger partial charge in [0.2, 0.25) is 0 Å². The van der Waals surface area contributed by atoms with E-state index in [0.717, 1.165) is 0 Å². The number of hydrogen-bond acceptors (Lipinski definition) is 4. The highest BCUT2D eigenvalue weighted by Gasteiger charge is 2.17. The van der Waals surface area contributed by atoms with Gasteiger partial charge in [0.25, 0.3) is 0 Å². The number of benzene rings is 1. The summed E-state index contributed by atoms with van der Waals surface area (Å²) in [4.78, 5) is 11.1. The summed E-state index contributed by atoms with van der Waals surface area (Å²) in [7, 11) is 1.26. The number of esters is 1. The molecule has 16 heavy (non-hydrogen) atoms. The van der Waals surface area contributed by atoms with Crippen molar-refractivity contribution in [1.29, 1.82) is 0 Å². The van der Waals surface area contributed by atoms with E-state index in [2.05, 4.69) is 20.7 Å². The summed E-state index contributed by atoms with van der Waals surface area (Å²) in [6.45, 7) is 0. The number of phenols is 1. The first kappa shape index (κ1) is 13.3. The van der Waals surface area contributed by atoms with Gasteiger partial charge >= 0.3 is 5.97 Å². The third-order valence-electron chi connectivity index (χ3n) is 2.07. The summed E-state index contributed by atoms with van der Waals surface area (Å²) in [6, 6.07) is 2.22. The smallest absolute Gasteiger partial charge is 0.322 e. The summed E-state index contributed by atoms with van der Waals surface area (Å²) in [5, 5.41) is 10.0. The molecule has 0 aromatic heterocycles. The zero-order chi connectivity index (χ0) is 12.3. The Labute approximate surface area is 106 Å². The van der Waals surface area contributed by atoms with Gasteiger partial charge in [-0.2, -0.15) is 0 Å². The zero-order valence-electron chi connectivity index (χ0n) is 8.54. The number of nitrogens with two attached hydrogens (primary N) is 1. The van der Waals surface area contributed by atoms with E-state index in [1.165, 1.54) is 13.2 Å². The molecule has 0 heterocycles. The quantitative estimate of drug-likeness (QED) is 0.836. The van der Waals surface area contributed by atoms with Crippen LogP contribution in [-0.4, -0.2) is 24.2 Å². The van der Waals surface area contributed by atoms with Gasteiger partial charge in [0, 0.05) is 10.9 Å². The van der Waals surface area contributed by atoms with Crippen LogP contribution in [0.4, 0.5) is 0 Å². The van der Waals surface area contributed by atoms with Gasteiger partial charge in [-0.3, -0.25) is 4.79 Å². The maximum Gasteiger partial charge on any atom is 0.322 e. The number of carbonyl (C=O) groups excluding carboxylic acids is 1. The van der Waals surface area contributed by atoms with E-state index >= 15 is 0 Å². The molecule has 1 aromatic carbocycles. The Bertz CT molecular complexity index is 411. The predicted octanol–water partition coefficient (Wildman–Crippen LogP) is 1.85. The van der Waals surface area contributed by atoms with E-state index in [1.54, 1.807) is 6.07 Å². The van der Waals surface area contributed by atoms with Crippen LogP contribution >= 0.6 is 27.5 Å². The van der Waals surface area contributed by atoms with Crippen molar-refractivity contribution in [3.63, 3.8) is 0 Å². The molecule has 0 amide bonds. The Balaban J connectivity index is 2.89. The molecule has 0 aliphatic rings. The Morgan fingerprint density at radius 2 is 2.31 bits per heavy atom. The fourth-order valence-corrected chi connectivity index (χ4v) is 1.76. The minimum Gasteiger partial charge on any atom is -0.508 e. The third kappa shape index (κ3) is 3.10. The molecule has 1 aromatic rings. The van der Waals surface area contributed by atoms with Gasteiger partial charge in [0.05, 0.1) is 12.1 Å². The molecular weight excluding hydrogens is 297 g/mol. The number of carbonyl (C=O) groups is 1. The maximum atomic E-state index is 11.1. The molecule has 1 atom stereocenters. The molecule has 0 fully saturated rings. The van der Waals surface area contributed by atoms with Crippen LogP contribution < -0.4 is 5.73 Å². The van der Waals surface area contributed by atoms with Gasteiger partial charge in [0.15, 0.2) is 0 Å². The predicted molar refractivity (Wildman–Crippen MR) is 64.5 cm³/mol. The largest absolute Gasteiger partial charge is 0.508 e. The lowest BCUT2D eigenvalue weighted by molar-refractivity contribution is -0.142. The Hall–Kier alpha value is -0.780. The van der Waals surface area contributed by atoms with Gasteiger partial charge in [-0.1, -0.05) is 11.6 Å². The highest BCUT2D eigenvalue weighted by Crippen LogP contribution is 2.30. The SMILES string of the molecule is COC(=O)C(N)Cc1cc(Br)c(Cl)cc1O. The topological polar surface area (TPSA) is 72.5 Å². The molecule has 0 aliphatic heterocycles. The Morgan fingerprint density at radius 3 is 2.88 bits per heavy atom. The minimum absolute atomic E-state index is 0.00699. The van der Waals surface area contributed by atoms with Gasteiger partial charge < -0.3 is 15.6 Å². The van der Waals surface area contributed by atoms with Crippen LogP contribution in [0.2, 0.25) is 5.02 Å². The molecule has 0 saturated carbocycles. The number of aromatic hydroxyl groups is 1. The molecular formula is C10H11BrClNO3. The lowest BCUT2D eigenvalue weighted by atomic mass is 10.1. The summed E-state index contributed by atoms with van der Waals surface area (Å²) >= 11 is 9.01. The third-order valence-corrected chi connectivity index (χ3v) is 3.26. The van der Waals surface area contributed by atoms with Crippen LogP contribution in [0.15, 0.2) is 16.6 Å². The Morgan fingerprint density at radius 1 is 1.69 bits per heavy atom. The molecule has 0 radical (unpaired) electrons. The first-order valence-corrected chi connectivity index (χ1v) is 5.63. The Kier molecular flexibility index (Phi) is 4.58. The van der Waals surface area contributed by atoms with Crippen LogP contribution in [0.5, 0.6) is 5.75 Å². The van der Waals surface area contributed by atoms with Crippen molar-refractivity contribution in [2.24, 2.45) is 5.73 Å². The number of hydrogen-bond donors (Lipinski definition) is 2. The summed E-state index contributed by atoms with van der Waals surface area (Å²) < 4.78 is 5.13. The van der Waals surface area contributed by atoms with E-state index in [0.29, 0.717) is 15.1 Å². The van der Waals surface area contributed by atoms with Crippen LogP contribution in [0, 0.1) is 0 Å². The zero-order valence-corrected chi connectivity index (χ0v) is 10.9. The molecule has 0 bridgehead atoms. The number of rotatable bonds is 3. The van der Waals surface area contributed by atoms with Crippen molar-refractivity contribution >= 4 is 33.5 Å². The normalized spacial score (nSPS) is 12.2. The van der Waals surface area contributed by atoms with Crippen molar-refractivity contribution in [3.05, 3.63) is 27.2 Å². The van der Waals surface area contributed by atoms with Gasteiger partial charge in [0.1, 0.15) is 11.8 Å². The molecule has 6 heteroatoms. The molecule has 0 saturated heterocycles. The van der Waals surface area contributed by atoms with Crippen LogP contribution in [0.25, 0.3) is 0 Å². The molecule has 88 valence electrons. The van der Waals surface area contributed by atoms with E-state index in [4.69, 9.17) is 17.3 Å². The van der Waals surface area contributed by atoms with E-state index < -0.39 is 12.0 Å². The number of ether oxygens (including phenoxy) is 1. The highest BCUT2D eigenvalue weighted by molar-refractivity contribution is 9.10. The lowest BCUT2D eigenvalue weighted by Gasteiger charge is -2.11. The minimum atomic E-state index is -0.802. The molecule has 3 N–H and O–H groups in total. The summed E-state index contributed by atoms with van der Waals surface area (Å²) in [5.41, 5.74) is 6.12. The molecule has 1 rings (SSSR count). The average Bonchev–Trinajstić information content (AvgIpc) is 2.24. The van der Waals surface area contributed by atoms with Crippen molar-refractivity contribution in [3.8, 4) is 5.75 Å². The van der Waals surface area contributed by atoms with Crippen molar-refractivity contribution < 1.29 is 14.6 Å². The summed E-state index contributed by atoms with van der Waals surface area (Å²) in [5.74, 6) is -0.516. The van der Waals surface area contributed by atoms with Crippen LogP contribution in [-0.2, 0) is 16.0 Å². The fourth-order valence-electron chi connectivity index (χ4n) is 1.21. The number of methoxy groups -OCH3 is 1. The van der Waals surface area contributed by atoms with Crippen LogP contribution in [0.1, 0.15) is 5.56 Å². The first-order chi connectivity index (χ1) is 7.45. The average molecular weight is 309 g/mol.